The van der Waals surface area contributed by atoms with Crippen LogP contribution in [0.1, 0.15) is 23.1 Å². The number of hydrogen-bond acceptors (Lipinski definition) is 4. The van der Waals surface area contributed by atoms with Crippen molar-refractivity contribution in [1.29, 1.82) is 0 Å². The van der Waals surface area contributed by atoms with Crippen molar-refractivity contribution in [2.75, 3.05) is 11.9 Å². The van der Waals surface area contributed by atoms with Crippen molar-refractivity contribution in [1.82, 2.24) is 14.8 Å². The van der Waals surface area contributed by atoms with Crippen LogP contribution in [-0.4, -0.2) is 27.3 Å². The van der Waals surface area contributed by atoms with Crippen molar-refractivity contribution in [2.45, 2.75) is 13.8 Å². The van der Waals surface area contributed by atoms with Gasteiger partial charge in [0.15, 0.2) is 5.82 Å². The molecule has 4 aromatic rings. The summed E-state index contributed by atoms with van der Waals surface area (Å²) < 4.78 is 7.11. The molecule has 7 heteroatoms. The fraction of sp³-hybridized carbons (Fsp3) is 0.125. The van der Waals surface area contributed by atoms with Gasteiger partial charge in [-0.1, -0.05) is 41.9 Å². The lowest BCUT2D eigenvalue weighted by molar-refractivity contribution is 0.101. The Bertz CT molecular complexity index is 1220. The second-order valence-corrected chi connectivity index (χ2v) is 7.32. The molecule has 0 saturated heterocycles. The van der Waals surface area contributed by atoms with Gasteiger partial charge in [0.1, 0.15) is 5.75 Å². The number of aromatic nitrogens is 3. The fourth-order valence-corrected chi connectivity index (χ4v) is 3.37. The summed E-state index contributed by atoms with van der Waals surface area (Å²) in [6.07, 6.45) is 0. The zero-order chi connectivity index (χ0) is 21.8. The first-order valence-corrected chi connectivity index (χ1v) is 10.3. The molecule has 31 heavy (non-hydrogen) atoms. The maximum atomic E-state index is 12.9. The summed E-state index contributed by atoms with van der Waals surface area (Å²) in [6.45, 7) is 4.49. The number of anilines is 1. The molecular weight excluding hydrogens is 412 g/mol. The topological polar surface area (TPSA) is 69.0 Å². The maximum absolute atomic E-state index is 12.9. The summed E-state index contributed by atoms with van der Waals surface area (Å²) in [7, 11) is 0. The summed E-state index contributed by atoms with van der Waals surface area (Å²) in [4.78, 5) is 17.4. The third kappa shape index (κ3) is 4.59. The van der Waals surface area contributed by atoms with Gasteiger partial charge in [0.25, 0.3) is 5.91 Å². The standard InChI is InChI=1S/C24H21ClN4O2/c1-3-31-20-13-11-19(12-14-20)26-24(30)22-27-23(17-8-6-9-18(25)15-17)29(28-22)21-10-5-4-7-16(21)2/h4-15H,3H2,1-2H3,(H,26,30). The average Bonchev–Trinajstić information content (AvgIpc) is 3.21. The van der Waals surface area contributed by atoms with Crippen LogP contribution in [0.3, 0.4) is 0 Å². The van der Waals surface area contributed by atoms with Crippen LogP contribution in [-0.2, 0) is 0 Å². The molecule has 0 atom stereocenters. The van der Waals surface area contributed by atoms with Crippen molar-refractivity contribution in [3.63, 3.8) is 0 Å². The normalized spacial score (nSPS) is 10.7. The summed E-state index contributed by atoms with van der Waals surface area (Å²) in [5.74, 6) is 0.936. The molecular formula is C24H21ClN4O2. The van der Waals surface area contributed by atoms with Gasteiger partial charge in [0.05, 0.1) is 12.3 Å². The van der Waals surface area contributed by atoms with E-state index in [1.165, 1.54) is 0 Å². The number of rotatable bonds is 6. The first kappa shape index (κ1) is 20.6. The number of ether oxygens (including phenoxy) is 1. The minimum atomic E-state index is -0.403. The van der Waals surface area contributed by atoms with E-state index >= 15 is 0 Å². The Morgan fingerprint density at radius 1 is 1.06 bits per heavy atom. The van der Waals surface area contributed by atoms with Gasteiger partial charge < -0.3 is 10.1 Å². The van der Waals surface area contributed by atoms with Gasteiger partial charge in [-0.15, -0.1) is 5.10 Å². The lowest BCUT2D eigenvalue weighted by Crippen LogP contribution is -2.14. The van der Waals surface area contributed by atoms with Crippen molar-refractivity contribution >= 4 is 23.2 Å². The number of nitrogens with one attached hydrogen (secondary N) is 1. The summed E-state index contributed by atoms with van der Waals surface area (Å²) in [5.41, 5.74) is 3.24. The number of halogens is 1. The number of amides is 1. The van der Waals surface area contributed by atoms with Gasteiger partial charge in [-0.3, -0.25) is 4.79 Å². The summed E-state index contributed by atoms with van der Waals surface area (Å²) in [6, 6.07) is 22.3. The molecule has 0 bridgehead atoms. The number of carbonyl (C=O) groups excluding carboxylic acids is 1. The van der Waals surface area contributed by atoms with E-state index in [0.717, 1.165) is 22.6 Å². The number of aryl methyl sites for hydroxylation is 1. The lowest BCUT2D eigenvalue weighted by Gasteiger charge is -2.08. The molecule has 0 spiro atoms. The Labute approximate surface area is 185 Å². The van der Waals surface area contributed by atoms with Crippen molar-refractivity contribution in [3.05, 3.63) is 89.2 Å². The van der Waals surface area contributed by atoms with Gasteiger partial charge >= 0.3 is 0 Å². The second kappa shape index (κ2) is 9.02. The summed E-state index contributed by atoms with van der Waals surface area (Å²) >= 11 is 6.19. The van der Waals surface area contributed by atoms with Gasteiger partial charge in [-0.25, -0.2) is 9.67 Å². The molecule has 6 nitrogen and oxygen atoms in total. The monoisotopic (exact) mass is 432 g/mol. The Morgan fingerprint density at radius 3 is 2.55 bits per heavy atom. The lowest BCUT2D eigenvalue weighted by atomic mass is 10.2. The second-order valence-electron chi connectivity index (χ2n) is 6.88. The number of hydrogen-bond donors (Lipinski definition) is 1. The fourth-order valence-electron chi connectivity index (χ4n) is 3.18. The molecule has 3 aromatic carbocycles. The minimum absolute atomic E-state index is 0.0621. The van der Waals surface area contributed by atoms with Crippen LogP contribution in [0.15, 0.2) is 72.8 Å². The van der Waals surface area contributed by atoms with Crippen LogP contribution < -0.4 is 10.1 Å². The van der Waals surface area contributed by atoms with Crippen molar-refractivity contribution in [3.8, 4) is 22.8 Å². The van der Waals surface area contributed by atoms with Gasteiger partial charge in [-0.2, -0.15) is 0 Å². The minimum Gasteiger partial charge on any atom is -0.494 e. The van der Waals surface area contributed by atoms with E-state index in [4.69, 9.17) is 16.3 Å². The van der Waals surface area contributed by atoms with Crippen LogP contribution in [0.25, 0.3) is 17.1 Å². The first-order valence-electron chi connectivity index (χ1n) is 9.88. The van der Waals surface area contributed by atoms with E-state index < -0.39 is 5.91 Å². The predicted molar refractivity (Wildman–Crippen MR) is 122 cm³/mol. The molecule has 0 radical (unpaired) electrons. The highest BCUT2D eigenvalue weighted by atomic mass is 35.5. The smallest absolute Gasteiger partial charge is 0.295 e. The van der Waals surface area contributed by atoms with Crippen molar-refractivity contribution < 1.29 is 9.53 Å². The molecule has 0 saturated carbocycles. The SMILES string of the molecule is CCOc1ccc(NC(=O)c2nc(-c3cccc(Cl)c3)n(-c3ccccc3C)n2)cc1. The van der Waals surface area contributed by atoms with Gasteiger partial charge in [-0.05, 0) is 61.9 Å². The molecule has 0 aliphatic carbocycles. The quantitative estimate of drug-likeness (QED) is 0.434. The Morgan fingerprint density at radius 2 is 1.84 bits per heavy atom. The highest BCUT2D eigenvalue weighted by Crippen LogP contribution is 2.26. The Kier molecular flexibility index (Phi) is 6.00. The molecule has 1 aromatic heterocycles. The van der Waals surface area contributed by atoms with E-state index in [9.17, 15) is 4.79 Å². The molecule has 0 unspecified atom stereocenters. The molecule has 0 aliphatic rings. The third-order valence-corrected chi connectivity index (χ3v) is 4.89. The van der Waals surface area contributed by atoms with E-state index in [1.807, 2.05) is 50.2 Å². The van der Waals surface area contributed by atoms with Crippen LogP contribution in [0.4, 0.5) is 5.69 Å². The third-order valence-electron chi connectivity index (χ3n) is 4.66. The zero-order valence-electron chi connectivity index (χ0n) is 17.2. The van der Waals surface area contributed by atoms with E-state index in [-0.39, 0.29) is 5.82 Å². The van der Waals surface area contributed by atoms with E-state index in [0.29, 0.717) is 23.1 Å². The molecule has 1 heterocycles. The van der Waals surface area contributed by atoms with Crippen LogP contribution >= 0.6 is 11.6 Å². The van der Waals surface area contributed by atoms with E-state index in [2.05, 4.69) is 15.4 Å². The number of benzene rings is 3. The molecule has 1 amide bonds. The van der Waals surface area contributed by atoms with Crippen LogP contribution in [0.2, 0.25) is 5.02 Å². The van der Waals surface area contributed by atoms with Gasteiger partial charge in [0.2, 0.25) is 5.82 Å². The molecule has 0 fully saturated rings. The average molecular weight is 433 g/mol. The van der Waals surface area contributed by atoms with Crippen LogP contribution in [0, 0.1) is 6.92 Å². The first-order chi connectivity index (χ1) is 15.0. The Balaban J connectivity index is 1.70. The molecule has 4 rings (SSSR count). The maximum Gasteiger partial charge on any atom is 0.295 e. The zero-order valence-corrected chi connectivity index (χ0v) is 17.9. The highest BCUT2D eigenvalue weighted by Gasteiger charge is 2.20. The van der Waals surface area contributed by atoms with Gasteiger partial charge in [0, 0.05) is 16.3 Å². The molecule has 1 N–H and O–H groups in total. The highest BCUT2D eigenvalue weighted by molar-refractivity contribution is 6.30. The van der Waals surface area contributed by atoms with Crippen molar-refractivity contribution in [2.24, 2.45) is 0 Å². The molecule has 0 aliphatic heterocycles. The van der Waals surface area contributed by atoms with E-state index in [1.54, 1.807) is 41.1 Å². The summed E-state index contributed by atoms with van der Waals surface area (Å²) in [5, 5.41) is 7.94. The van der Waals surface area contributed by atoms with Crippen LogP contribution in [0.5, 0.6) is 5.75 Å². The number of nitrogens with zero attached hydrogens (tertiary/aromatic N) is 3. The Hall–Kier alpha value is -3.64. The molecule has 156 valence electrons. The number of para-hydroxylation sites is 1. The number of carbonyl (C=O) groups is 1. The largest absolute Gasteiger partial charge is 0.494 e. The predicted octanol–water partition coefficient (Wildman–Crippen LogP) is 5.55.